The molecule has 1 aromatic carbocycles. The molecular weight excluding hydrogens is 273 g/mol. The second-order valence-corrected chi connectivity index (χ2v) is 4.87. The molecule has 6 heteroatoms. The largest absolute Gasteiger partial charge is 0.456 e. The lowest BCUT2D eigenvalue weighted by atomic mass is 10.1. The molecular formula is C15H18FN3O2. The average molecular weight is 291 g/mol. The van der Waals surface area contributed by atoms with Crippen LogP contribution in [0.1, 0.15) is 34.2 Å². The van der Waals surface area contributed by atoms with Gasteiger partial charge >= 0.3 is 5.97 Å². The van der Waals surface area contributed by atoms with Crippen molar-refractivity contribution in [2.24, 2.45) is 0 Å². The van der Waals surface area contributed by atoms with Crippen LogP contribution in [0.25, 0.3) is 0 Å². The first-order valence-electron chi connectivity index (χ1n) is 6.68. The molecule has 112 valence electrons. The van der Waals surface area contributed by atoms with Crippen molar-refractivity contribution in [1.82, 2.24) is 9.78 Å². The molecule has 0 aliphatic heterocycles. The summed E-state index contributed by atoms with van der Waals surface area (Å²) in [5, 5.41) is 4.26. The number of esters is 1. The van der Waals surface area contributed by atoms with Gasteiger partial charge in [0.2, 0.25) is 0 Å². The highest BCUT2D eigenvalue weighted by Crippen LogP contribution is 2.18. The highest BCUT2D eigenvalue weighted by molar-refractivity contribution is 5.91. The van der Waals surface area contributed by atoms with Crippen molar-refractivity contribution in [2.75, 3.05) is 5.73 Å². The highest BCUT2D eigenvalue weighted by Gasteiger charge is 2.17. The molecule has 2 aromatic rings. The summed E-state index contributed by atoms with van der Waals surface area (Å²) < 4.78 is 20.8. The van der Waals surface area contributed by atoms with E-state index >= 15 is 0 Å². The van der Waals surface area contributed by atoms with Crippen LogP contribution < -0.4 is 5.73 Å². The Kier molecular flexibility index (Phi) is 4.26. The summed E-state index contributed by atoms with van der Waals surface area (Å²) in [6.07, 6.45) is 0. The molecule has 0 aliphatic carbocycles. The first kappa shape index (κ1) is 15.0. The van der Waals surface area contributed by atoms with E-state index < -0.39 is 11.8 Å². The summed E-state index contributed by atoms with van der Waals surface area (Å²) >= 11 is 0. The fourth-order valence-corrected chi connectivity index (χ4v) is 2.15. The fraction of sp³-hybridized carbons (Fsp3) is 0.333. The van der Waals surface area contributed by atoms with Crippen LogP contribution in [0.4, 0.5) is 10.1 Å². The number of ether oxygens (including phenoxy) is 1. The Morgan fingerprint density at radius 2 is 2.10 bits per heavy atom. The van der Waals surface area contributed by atoms with E-state index in [1.165, 1.54) is 12.1 Å². The zero-order valence-corrected chi connectivity index (χ0v) is 12.3. The molecule has 0 unspecified atom stereocenters. The van der Waals surface area contributed by atoms with E-state index in [1.807, 2.05) is 19.9 Å². The summed E-state index contributed by atoms with van der Waals surface area (Å²) in [6, 6.07) is 4.59. The van der Waals surface area contributed by atoms with Crippen LogP contribution in [0.15, 0.2) is 18.2 Å². The third-order valence-corrected chi connectivity index (χ3v) is 3.13. The van der Waals surface area contributed by atoms with Gasteiger partial charge in [-0.1, -0.05) is 0 Å². The van der Waals surface area contributed by atoms with Gasteiger partial charge in [0.1, 0.15) is 12.4 Å². The van der Waals surface area contributed by atoms with Gasteiger partial charge in [0.05, 0.1) is 17.0 Å². The van der Waals surface area contributed by atoms with Crippen LogP contribution in [0.2, 0.25) is 0 Å². The first-order valence-corrected chi connectivity index (χ1v) is 6.68. The molecule has 5 nitrogen and oxygen atoms in total. The molecule has 0 saturated heterocycles. The number of anilines is 1. The standard InChI is InChI=1S/C15H18FN3O2/c1-4-19-12(6-10(3)18-19)8-21-15(20)13-7-11(17)5-9(2)14(13)16/h5-7H,4,8,17H2,1-3H3. The number of nitrogens with two attached hydrogens (primary N) is 1. The Morgan fingerprint density at radius 1 is 1.38 bits per heavy atom. The zero-order valence-electron chi connectivity index (χ0n) is 12.3. The van der Waals surface area contributed by atoms with Crippen LogP contribution >= 0.6 is 0 Å². The summed E-state index contributed by atoms with van der Waals surface area (Å²) in [5.74, 6) is -1.33. The molecule has 0 spiro atoms. The van der Waals surface area contributed by atoms with Crippen molar-refractivity contribution >= 4 is 11.7 Å². The van der Waals surface area contributed by atoms with Gasteiger partial charge in [-0.3, -0.25) is 4.68 Å². The number of halogens is 1. The van der Waals surface area contributed by atoms with E-state index in [0.717, 1.165) is 11.4 Å². The van der Waals surface area contributed by atoms with E-state index in [2.05, 4.69) is 5.10 Å². The molecule has 0 bridgehead atoms. The van der Waals surface area contributed by atoms with Gasteiger partial charge in [0.15, 0.2) is 0 Å². The van der Waals surface area contributed by atoms with Crippen LogP contribution in [0.5, 0.6) is 0 Å². The molecule has 0 aliphatic rings. The Bertz CT molecular complexity index is 680. The normalized spacial score (nSPS) is 10.7. The minimum Gasteiger partial charge on any atom is -0.456 e. The quantitative estimate of drug-likeness (QED) is 0.694. The predicted molar refractivity (Wildman–Crippen MR) is 77.3 cm³/mol. The Balaban J connectivity index is 2.15. The lowest BCUT2D eigenvalue weighted by molar-refractivity contribution is 0.0457. The number of aryl methyl sites for hydroxylation is 3. The molecule has 21 heavy (non-hydrogen) atoms. The van der Waals surface area contributed by atoms with E-state index in [4.69, 9.17) is 10.5 Å². The molecule has 0 atom stereocenters. The lowest BCUT2D eigenvalue weighted by Gasteiger charge is -2.09. The maximum Gasteiger partial charge on any atom is 0.341 e. The minimum absolute atomic E-state index is 0.0425. The number of hydrogen-bond acceptors (Lipinski definition) is 4. The maximum atomic E-state index is 13.9. The summed E-state index contributed by atoms with van der Waals surface area (Å²) in [6.45, 7) is 6.07. The molecule has 0 amide bonds. The predicted octanol–water partition coefficient (Wildman–Crippen LogP) is 2.60. The number of nitrogen functional groups attached to an aromatic ring is 1. The minimum atomic E-state index is -0.732. The molecule has 1 aromatic heterocycles. The first-order chi connectivity index (χ1) is 9.92. The Morgan fingerprint density at radius 3 is 2.76 bits per heavy atom. The third-order valence-electron chi connectivity index (χ3n) is 3.13. The Hall–Kier alpha value is -2.37. The summed E-state index contributed by atoms with van der Waals surface area (Å²) in [4.78, 5) is 12.0. The number of carbonyl (C=O) groups is 1. The molecule has 2 N–H and O–H groups in total. The van der Waals surface area contributed by atoms with Crippen molar-refractivity contribution < 1.29 is 13.9 Å². The maximum absolute atomic E-state index is 13.9. The van der Waals surface area contributed by atoms with Crippen molar-refractivity contribution in [3.05, 3.63) is 46.5 Å². The average Bonchev–Trinajstić information content (AvgIpc) is 2.80. The van der Waals surface area contributed by atoms with Gasteiger partial charge in [-0.25, -0.2) is 9.18 Å². The van der Waals surface area contributed by atoms with Gasteiger partial charge in [-0.15, -0.1) is 0 Å². The molecule has 0 fully saturated rings. The van der Waals surface area contributed by atoms with Crippen molar-refractivity contribution in [2.45, 2.75) is 33.9 Å². The van der Waals surface area contributed by atoms with E-state index in [-0.39, 0.29) is 12.2 Å². The number of carbonyl (C=O) groups excluding carboxylic acids is 1. The molecule has 0 radical (unpaired) electrons. The van der Waals surface area contributed by atoms with Crippen LogP contribution in [-0.2, 0) is 17.9 Å². The van der Waals surface area contributed by atoms with Gasteiger partial charge in [0.25, 0.3) is 0 Å². The summed E-state index contributed by atoms with van der Waals surface area (Å²) in [5.41, 5.74) is 7.74. The van der Waals surface area contributed by atoms with Crippen LogP contribution in [-0.4, -0.2) is 15.7 Å². The number of aromatic nitrogens is 2. The van der Waals surface area contributed by atoms with Gasteiger partial charge in [-0.2, -0.15) is 5.10 Å². The number of nitrogens with zero attached hydrogens (tertiary/aromatic N) is 2. The number of rotatable bonds is 4. The van der Waals surface area contributed by atoms with Crippen LogP contribution in [0, 0.1) is 19.7 Å². The molecule has 1 heterocycles. The van der Waals surface area contributed by atoms with Gasteiger partial charge in [-0.05, 0) is 44.5 Å². The second kappa shape index (κ2) is 5.95. The van der Waals surface area contributed by atoms with E-state index in [9.17, 15) is 9.18 Å². The zero-order chi connectivity index (χ0) is 15.6. The van der Waals surface area contributed by atoms with Gasteiger partial charge < -0.3 is 10.5 Å². The van der Waals surface area contributed by atoms with Crippen molar-refractivity contribution in [1.29, 1.82) is 0 Å². The number of benzene rings is 1. The topological polar surface area (TPSA) is 70.1 Å². The van der Waals surface area contributed by atoms with Crippen molar-refractivity contribution in [3.63, 3.8) is 0 Å². The lowest BCUT2D eigenvalue weighted by Crippen LogP contribution is -2.12. The smallest absolute Gasteiger partial charge is 0.341 e. The molecule has 2 rings (SSSR count). The van der Waals surface area contributed by atoms with E-state index in [1.54, 1.807) is 11.6 Å². The highest BCUT2D eigenvalue weighted by atomic mass is 19.1. The Labute approximate surface area is 122 Å². The number of hydrogen-bond donors (Lipinski definition) is 1. The monoisotopic (exact) mass is 291 g/mol. The SMILES string of the molecule is CCn1nc(C)cc1COC(=O)c1cc(N)cc(C)c1F. The third kappa shape index (κ3) is 3.21. The van der Waals surface area contributed by atoms with Crippen molar-refractivity contribution in [3.8, 4) is 0 Å². The fourth-order valence-electron chi connectivity index (χ4n) is 2.15. The van der Waals surface area contributed by atoms with Gasteiger partial charge in [0, 0.05) is 12.2 Å². The van der Waals surface area contributed by atoms with Crippen LogP contribution in [0.3, 0.4) is 0 Å². The summed E-state index contributed by atoms with van der Waals surface area (Å²) in [7, 11) is 0. The second-order valence-electron chi connectivity index (χ2n) is 4.87. The molecule has 0 saturated carbocycles. The van der Waals surface area contributed by atoms with E-state index in [0.29, 0.717) is 17.8 Å².